The molecular formula is C10H7F2N2O. The SMILES string of the molecule is Cn1n[c]cc1Oc1ccc(F)c(F)c1. The summed E-state index contributed by atoms with van der Waals surface area (Å²) >= 11 is 0. The summed E-state index contributed by atoms with van der Waals surface area (Å²) in [7, 11) is 1.66. The first kappa shape index (κ1) is 9.64. The number of hydrogen-bond donors (Lipinski definition) is 0. The zero-order valence-electron chi connectivity index (χ0n) is 7.87. The van der Waals surface area contributed by atoms with Crippen LogP contribution in [0.2, 0.25) is 0 Å². The van der Waals surface area contributed by atoms with Gasteiger partial charge in [0.2, 0.25) is 5.88 Å². The minimum Gasteiger partial charge on any atom is -0.439 e. The van der Waals surface area contributed by atoms with Gasteiger partial charge in [-0.1, -0.05) is 0 Å². The zero-order valence-corrected chi connectivity index (χ0v) is 7.87. The van der Waals surface area contributed by atoms with E-state index in [1.165, 1.54) is 16.8 Å². The lowest BCUT2D eigenvalue weighted by Crippen LogP contribution is -1.95. The molecule has 0 aliphatic rings. The molecule has 0 spiro atoms. The Morgan fingerprint density at radius 2 is 2.13 bits per heavy atom. The Labute approximate surface area is 84.9 Å². The van der Waals surface area contributed by atoms with Crippen LogP contribution < -0.4 is 4.74 Å². The Morgan fingerprint density at radius 1 is 1.33 bits per heavy atom. The topological polar surface area (TPSA) is 27.1 Å². The van der Waals surface area contributed by atoms with E-state index in [9.17, 15) is 8.78 Å². The number of hydrogen-bond acceptors (Lipinski definition) is 2. The second-order valence-electron chi connectivity index (χ2n) is 2.91. The number of benzene rings is 1. The molecule has 0 aliphatic heterocycles. The first-order valence-corrected chi connectivity index (χ1v) is 4.20. The number of rotatable bonds is 2. The van der Waals surface area contributed by atoms with Crippen LogP contribution in [0.4, 0.5) is 8.78 Å². The molecule has 2 aromatic rings. The minimum atomic E-state index is -0.946. The van der Waals surface area contributed by atoms with Crippen molar-refractivity contribution in [3.8, 4) is 11.6 Å². The molecule has 0 saturated heterocycles. The standard InChI is InChI=1S/C10H7F2N2O/c1-14-10(4-5-13-14)15-7-2-3-8(11)9(12)6-7/h2-4,6H,1H3. The van der Waals surface area contributed by atoms with Gasteiger partial charge in [-0.3, -0.25) is 0 Å². The van der Waals surface area contributed by atoms with E-state index >= 15 is 0 Å². The van der Waals surface area contributed by atoms with Gasteiger partial charge in [0.15, 0.2) is 11.6 Å². The average Bonchev–Trinajstić information content (AvgIpc) is 2.59. The van der Waals surface area contributed by atoms with Crippen molar-refractivity contribution in [2.24, 2.45) is 7.05 Å². The molecule has 0 bridgehead atoms. The van der Waals surface area contributed by atoms with Crippen LogP contribution in [0.25, 0.3) is 0 Å². The third kappa shape index (κ3) is 1.96. The Balaban J connectivity index is 2.25. The van der Waals surface area contributed by atoms with Crippen LogP contribution in [-0.2, 0) is 7.05 Å². The third-order valence-electron chi connectivity index (χ3n) is 1.83. The molecule has 0 fully saturated rings. The van der Waals surface area contributed by atoms with E-state index in [-0.39, 0.29) is 5.75 Å². The first-order valence-electron chi connectivity index (χ1n) is 4.20. The average molecular weight is 209 g/mol. The van der Waals surface area contributed by atoms with E-state index in [2.05, 4.69) is 11.3 Å². The van der Waals surface area contributed by atoms with Gasteiger partial charge in [-0.15, -0.1) is 0 Å². The molecule has 1 radical (unpaired) electrons. The Bertz CT molecular complexity index is 482. The summed E-state index contributed by atoms with van der Waals surface area (Å²) in [6.07, 6.45) is 2.56. The second-order valence-corrected chi connectivity index (χ2v) is 2.91. The van der Waals surface area contributed by atoms with Crippen molar-refractivity contribution >= 4 is 0 Å². The van der Waals surface area contributed by atoms with Crippen LogP contribution in [0, 0.1) is 17.8 Å². The molecule has 0 N–H and O–H groups in total. The summed E-state index contributed by atoms with van der Waals surface area (Å²) in [6, 6.07) is 4.82. The highest BCUT2D eigenvalue weighted by Crippen LogP contribution is 2.21. The van der Waals surface area contributed by atoms with Crippen LogP contribution >= 0.6 is 0 Å². The summed E-state index contributed by atoms with van der Waals surface area (Å²) in [4.78, 5) is 0. The van der Waals surface area contributed by atoms with Gasteiger partial charge in [0.05, 0.1) is 0 Å². The predicted molar refractivity (Wildman–Crippen MR) is 48.5 cm³/mol. The van der Waals surface area contributed by atoms with Crippen molar-refractivity contribution < 1.29 is 13.5 Å². The monoisotopic (exact) mass is 209 g/mol. The van der Waals surface area contributed by atoms with E-state index in [0.29, 0.717) is 5.88 Å². The summed E-state index contributed by atoms with van der Waals surface area (Å²) in [6.45, 7) is 0. The Hall–Kier alpha value is -1.91. The second kappa shape index (κ2) is 3.68. The Kier molecular flexibility index (Phi) is 2.37. The zero-order chi connectivity index (χ0) is 10.8. The van der Waals surface area contributed by atoms with Gasteiger partial charge in [-0.05, 0) is 12.1 Å². The fourth-order valence-electron chi connectivity index (χ4n) is 1.07. The molecule has 1 heterocycles. The lowest BCUT2D eigenvalue weighted by molar-refractivity contribution is 0.422. The summed E-state index contributed by atoms with van der Waals surface area (Å²) in [5.41, 5.74) is 0. The number of aromatic nitrogens is 2. The molecule has 15 heavy (non-hydrogen) atoms. The maximum atomic E-state index is 12.8. The molecule has 0 saturated carbocycles. The van der Waals surface area contributed by atoms with Crippen molar-refractivity contribution in [1.29, 1.82) is 0 Å². The Morgan fingerprint density at radius 3 is 2.73 bits per heavy atom. The first-order chi connectivity index (χ1) is 7.16. The van der Waals surface area contributed by atoms with Gasteiger partial charge in [-0.2, -0.15) is 5.10 Å². The smallest absolute Gasteiger partial charge is 0.218 e. The molecule has 2 rings (SSSR count). The molecule has 5 heteroatoms. The van der Waals surface area contributed by atoms with Crippen molar-refractivity contribution in [2.75, 3.05) is 0 Å². The van der Waals surface area contributed by atoms with Crippen LogP contribution in [0.1, 0.15) is 0 Å². The lowest BCUT2D eigenvalue weighted by atomic mass is 10.3. The number of halogens is 2. The molecule has 0 unspecified atom stereocenters. The summed E-state index contributed by atoms with van der Waals surface area (Å²) in [5, 5.41) is 3.75. The van der Waals surface area contributed by atoms with Crippen LogP contribution in [0.3, 0.4) is 0 Å². The van der Waals surface area contributed by atoms with Crippen molar-refractivity contribution in [2.45, 2.75) is 0 Å². The van der Waals surface area contributed by atoms with Gasteiger partial charge in [0.25, 0.3) is 0 Å². The van der Waals surface area contributed by atoms with Gasteiger partial charge in [0, 0.05) is 19.2 Å². The molecule has 77 valence electrons. The quantitative estimate of drug-likeness (QED) is 0.758. The van der Waals surface area contributed by atoms with Gasteiger partial charge in [0.1, 0.15) is 11.9 Å². The molecule has 0 amide bonds. The van der Waals surface area contributed by atoms with Gasteiger partial charge in [-0.25, -0.2) is 13.5 Å². The maximum Gasteiger partial charge on any atom is 0.218 e. The van der Waals surface area contributed by atoms with E-state index in [4.69, 9.17) is 4.74 Å². The van der Waals surface area contributed by atoms with Crippen LogP contribution in [0.5, 0.6) is 11.6 Å². The lowest BCUT2D eigenvalue weighted by Gasteiger charge is -2.05. The van der Waals surface area contributed by atoms with Crippen LogP contribution in [-0.4, -0.2) is 9.78 Å². The molecule has 0 aliphatic carbocycles. The normalized spacial score (nSPS) is 10.3. The van der Waals surface area contributed by atoms with E-state index in [1.807, 2.05) is 0 Å². The largest absolute Gasteiger partial charge is 0.439 e. The van der Waals surface area contributed by atoms with Gasteiger partial charge >= 0.3 is 0 Å². The molecular weight excluding hydrogens is 202 g/mol. The van der Waals surface area contributed by atoms with Crippen molar-refractivity contribution in [3.63, 3.8) is 0 Å². The molecule has 3 nitrogen and oxygen atoms in total. The predicted octanol–water partition coefficient (Wildman–Crippen LogP) is 2.29. The van der Waals surface area contributed by atoms with E-state index < -0.39 is 11.6 Å². The van der Waals surface area contributed by atoms with Crippen molar-refractivity contribution in [1.82, 2.24) is 9.78 Å². The number of nitrogens with zero attached hydrogens (tertiary/aromatic N) is 2. The maximum absolute atomic E-state index is 12.8. The highest BCUT2D eigenvalue weighted by atomic mass is 19.2. The summed E-state index contributed by atoms with van der Waals surface area (Å²) < 4.78 is 32.1. The molecule has 1 aromatic carbocycles. The highest BCUT2D eigenvalue weighted by molar-refractivity contribution is 5.27. The molecule has 1 aromatic heterocycles. The van der Waals surface area contributed by atoms with Crippen LogP contribution in [0.15, 0.2) is 24.3 Å². The van der Waals surface area contributed by atoms with Gasteiger partial charge < -0.3 is 4.74 Å². The van der Waals surface area contributed by atoms with Crippen molar-refractivity contribution in [3.05, 3.63) is 42.1 Å². The highest BCUT2D eigenvalue weighted by Gasteiger charge is 2.06. The number of aryl methyl sites for hydroxylation is 1. The molecule has 0 atom stereocenters. The number of ether oxygens (including phenoxy) is 1. The minimum absolute atomic E-state index is 0.214. The van der Waals surface area contributed by atoms with E-state index in [0.717, 1.165) is 12.1 Å². The fraction of sp³-hybridized carbons (Fsp3) is 0.100. The third-order valence-corrected chi connectivity index (χ3v) is 1.83. The van der Waals surface area contributed by atoms with E-state index in [1.54, 1.807) is 7.05 Å². The summed E-state index contributed by atoms with van der Waals surface area (Å²) in [5.74, 6) is -1.23. The fourth-order valence-corrected chi connectivity index (χ4v) is 1.07.